The van der Waals surface area contributed by atoms with Gasteiger partial charge in [0.05, 0.1) is 12.1 Å². The quantitative estimate of drug-likeness (QED) is 0.799. The highest BCUT2D eigenvalue weighted by Gasteiger charge is 2.23. The lowest BCUT2D eigenvalue weighted by Gasteiger charge is -2.25. The molecule has 108 valence electrons. The Labute approximate surface area is 111 Å². The van der Waals surface area contributed by atoms with E-state index in [1.54, 1.807) is 6.07 Å². The van der Waals surface area contributed by atoms with Gasteiger partial charge in [0.1, 0.15) is 5.69 Å². The van der Waals surface area contributed by atoms with Crippen LogP contribution in [0.5, 0.6) is 0 Å². The second-order valence-electron chi connectivity index (χ2n) is 4.55. The van der Waals surface area contributed by atoms with E-state index >= 15 is 0 Å². The van der Waals surface area contributed by atoms with Gasteiger partial charge in [0.15, 0.2) is 0 Å². The third kappa shape index (κ3) is 4.31. The Balaban J connectivity index is 2.66. The molecular formula is C13H20F2N2O2. The highest BCUT2D eigenvalue weighted by atomic mass is 19.3. The zero-order chi connectivity index (χ0) is 14.5. The second-order valence-corrected chi connectivity index (χ2v) is 4.55. The van der Waals surface area contributed by atoms with E-state index in [-0.39, 0.29) is 12.2 Å². The number of aliphatic hydroxyl groups is 1. The summed E-state index contributed by atoms with van der Waals surface area (Å²) in [6, 6.07) is 3.03. The molecule has 0 bridgehead atoms. The monoisotopic (exact) mass is 274 g/mol. The highest BCUT2D eigenvalue weighted by molar-refractivity contribution is 5.92. The lowest BCUT2D eigenvalue weighted by molar-refractivity contribution is 0.0311. The van der Waals surface area contributed by atoms with Crippen LogP contribution >= 0.6 is 0 Å². The first-order chi connectivity index (χ1) is 8.91. The molecule has 0 unspecified atom stereocenters. The molecule has 0 saturated carbocycles. The minimum absolute atomic E-state index is 0.110. The zero-order valence-electron chi connectivity index (χ0n) is 11.2. The number of rotatable bonds is 7. The van der Waals surface area contributed by atoms with Crippen molar-refractivity contribution in [1.29, 1.82) is 0 Å². The van der Waals surface area contributed by atoms with E-state index in [2.05, 4.69) is 5.32 Å². The molecule has 0 aromatic carbocycles. The van der Waals surface area contributed by atoms with Crippen LogP contribution in [0.25, 0.3) is 0 Å². The molecular weight excluding hydrogens is 254 g/mol. The molecule has 6 heteroatoms. The number of carbonyl (C=O) groups excluding carboxylic acids is 1. The second kappa shape index (κ2) is 6.65. The topological polar surface area (TPSA) is 54.3 Å². The summed E-state index contributed by atoms with van der Waals surface area (Å²) in [5, 5.41) is 12.6. The summed E-state index contributed by atoms with van der Waals surface area (Å²) in [5.74, 6) is -0.453. The maximum Gasteiger partial charge on any atom is 0.268 e. The molecule has 1 heterocycles. The molecule has 0 spiro atoms. The fourth-order valence-electron chi connectivity index (χ4n) is 1.76. The minimum atomic E-state index is -2.51. The fraction of sp³-hybridized carbons (Fsp3) is 0.615. The summed E-state index contributed by atoms with van der Waals surface area (Å²) in [5.41, 5.74) is -0.773. The van der Waals surface area contributed by atoms with E-state index in [1.165, 1.54) is 16.8 Å². The number of aromatic nitrogens is 1. The van der Waals surface area contributed by atoms with Gasteiger partial charge in [0.25, 0.3) is 12.3 Å². The van der Waals surface area contributed by atoms with E-state index in [0.29, 0.717) is 12.8 Å². The lowest BCUT2D eigenvalue weighted by Crippen LogP contribution is -2.42. The van der Waals surface area contributed by atoms with Crippen molar-refractivity contribution in [2.75, 3.05) is 6.54 Å². The van der Waals surface area contributed by atoms with Crippen molar-refractivity contribution < 1.29 is 18.7 Å². The van der Waals surface area contributed by atoms with Gasteiger partial charge in [0.2, 0.25) is 0 Å². The summed E-state index contributed by atoms with van der Waals surface area (Å²) in [6.45, 7) is 3.25. The first-order valence-electron chi connectivity index (χ1n) is 6.35. The van der Waals surface area contributed by atoms with Crippen molar-refractivity contribution in [3.05, 3.63) is 24.0 Å². The van der Waals surface area contributed by atoms with Crippen LogP contribution in [0.1, 0.15) is 37.2 Å². The summed E-state index contributed by atoms with van der Waals surface area (Å²) in [7, 11) is 0. The van der Waals surface area contributed by atoms with Gasteiger partial charge in [-0.05, 0) is 25.0 Å². The number of amides is 1. The van der Waals surface area contributed by atoms with E-state index in [0.717, 1.165) is 0 Å². The fourth-order valence-corrected chi connectivity index (χ4v) is 1.76. The average molecular weight is 274 g/mol. The maximum absolute atomic E-state index is 12.3. The molecule has 4 nitrogen and oxygen atoms in total. The first-order valence-corrected chi connectivity index (χ1v) is 6.35. The Morgan fingerprint density at radius 1 is 1.47 bits per heavy atom. The largest absolute Gasteiger partial charge is 0.388 e. The molecule has 2 N–H and O–H groups in total. The summed E-state index contributed by atoms with van der Waals surface area (Å²) in [6.07, 6.45) is -0.0431. The van der Waals surface area contributed by atoms with Gasteiger partial charge in [-0.2, -0.15) is 0 Å². The lowest BCUT2D eigenvalue weighted by atomic mass is 9.97. The molecule has 1 amide bonds. The number of nitrogens with zero attached hydrogens (tertiary/aromatic N) is 1. The Morgan fingerprint density at radius 3 is 2.63 bits per heavy atom. The van der Waals surface area contributed by atoms with Crippen molar-refractivity contribution in [2.24, 2.45) is 0 Å². The number of alkyl halides is 2. The average Bonchev–Trinajstić information content (AvgIpc) is 2.83. The molecule has 0 atom stereocenters. The zero-order valence-corrected chi connectivity index (χ0v) is 11.2. The van der Waals surface area contributed by atoms with Crippen molar-refractivity contribution in [3.63, 3.8) is 0 Å². The van der Waals surface area contributed by atoms with Gasteiger partial charge in [-0.15, -0.1) is 0 Å². The maximum atomic E-state index is 12.3. The SMILES string of the molecule is CCC(O)(CC)CNC(=O)c1cccn1CC(F)F. The van der Waals surface area contributed by atoms with Crippen LogP contribution in [-0.2, 0) is 6.54 Å². The number of nitrogens with one attached hydrogen (secondary N) is 1. The van der Waals surface area contributed by atoms with Crippen LogP contribution in [0.3, 0.4) is 0 Å². The van der Waals surface area contributed by atoms with Crippen LogP contribution in [0.4, 0.5) is 8.78 Å². The van der Waals surface area contributed by atoms with Gasteiger partial charge in [-0.1, -0.05) is 13.8 Å². The molecule has 0 saturated heterocycles. The Hall–Kier alpha value is -1.43. The molecule has 0 fully saturated rings. The summed E-state index contributed by atoms with van der Waals surface area (Å²) < 4.78 is 25.9. The van der Waals surface area contributed by atoms with Gasteiger partial charge in [-0.25, -0.2) is 8.78 Å². The minimum Gasteiger partial charge on any atom is -0.388 e. The van der Waals surface area contributed by atoms with Gasteiger partial charge in [0, 0.05) is 12.7 Å². The number of hydrogen-bond acceptors (Lipinski definition) is 2. The molecule has 19 heavy (non-hydrogen) atoms. The smallest absolute Gasteiger partial charge is 0.268 e. The Bertz CT molecular complexity index is 415. The van der Waals surface area contributed by atoms with Crippen molar-refractivity contribution in [2.45, 2.75) is 45.3 Å². The third-order valence-corrected chi connectivity index (χ3v) is 3.29. The predicted octanol–water partition coefficient (Wildman–Crippen LogP) is 2.03. The predicted molar refractivity (Wildman–Crippen MR) is 68.3 cm³/mol. The van der Waals surface area contributed by atoms with Crippen LogP contribution in [0.15, 0.2) is 18.3 Å². The molecule has 0 radical (unpaired) electrons. The van der Waals surface area contributed by atoms with Crippen LogP contribution in [0.2, 0.25) is 0 Å². The number of carbonyl (C=O) groups is 1. The summed E-state index contributed by atoms with van der Waals surface area (Å²) >= 11 is 0. The molecule has 0 aliphatic rings. The van der Waals surface area contributed by atoms with E-state index < -0.39 is 24.5 Å². The molecule has 0 aliphatic heterocycles. The molecule has 1 aromatic rings. The van der Waals surface area contributed by atoms with Crippen molar-refractivity contribution in [3.8, 4) is 0 Å². The van der Waals surface area contributed by atoms with Gasteiger partial charge >= 0.3 is 0 Å². The van der Waals surface area contributed by atoms with Gasteiger partial charge < -0.3 is 15.0 Å². The molecule has 1 aromatic heterocycles. The highest BCUT2D eigenvalue weighted by Crippen LogP contribution is 2.13. The van der Waals surface area contributed by atoms with Crippen LogP contribution < -0.4 is 5.32 Å². The van der Waals surface area contributed by atoms with Crippen molar-refractivity contribution >= 4 is 5.91 Å². The Morgan fingerprint density at radius 2 is 2.11 bits per heavy atom. The van der Waals surface area contributed by atoms with E-state index in [1.807, 2.05) is 13.8 Å². The number of hydrogen-bond donors (Lipinski definition) is 2. The summed E-state index contributed by atoms with van der Waals surface area (Å²) in [4.78, 5) is 11.9. The molecule has 1 rings (SSSR count). The van der Waals surface area contributed by atoms with Gasteiger partial charge in [-0.3, -0.25) is 4.79 Å². The normalized spacial score (nSPS) is 11.9. The first kappa shape index (κ1) is 15.6. The van der Waals surface area contributed by atoms with E-state index in [9.17, 15) is 18.7 Å². The van der Waals surface area contributed by atoms with Crippen LogP contribution in [-0.4, -0.2) is 34.2 Å². The molecule has 0 aliphatic carbocycles. The van der Waals surface area contributed by atoms with Crippen LogP contribution in [0, 0.1) is 0 Å². The van der Waals surface area contributed by atoms with Crippen molar-refractivity contribution in [1.82, 2.24) is 9.88 Å². The standard InChI is InChI=1S/C13H20F2N2O2/c1-3-13(19,4-2)9-16-12(18)10-6-5-7-17(10)8-11(14)15/h5-7,11,19H,3-4,8-9H2,1-2H3,(H,16,18). The Kier molecular flexibility index (Phi) is 5.47. The number of halogens is 2. The third-order valence-electron chi connectivity index (χ3n) is 3.29. The van der Waals surface area contributed by atoms with E-state index in [4.69, 9.17) is 0 Å².